The molecule has 0 fully saturated rings. The van der Waals surface area contributed by atoms with Crippen molar-refractivity contribution in [1.29, 1.82) is 0 Å². The summed E-state index contributed by atoms with van der Waals surface area (Å²) >= 11 is 1.32. The molecule has 0 aliphatic carbocycles. The van der Waals surface area contributed by atoms with Gasteiger partial charge in [0, 0.05) is 35.8 Å². The number of thioether (sulfide) groups is 1. The summed E-state index contributed by atoms with van der Waals surface area (Å²) in [5.74, 6) is -2.34. The maximum absolute atomic E-state index is 13.2. The molecule has 1 aromatic carbocycles. The topological polar surface area (TPSA) is 64.0 Å². The Labute approximate surface area is 134 Å². The molecular weight excluding hydrogens is 324 g/mol. The Balaban J connectivity index is 1.77. The Morgan fingerprint density at radius 2 is 2.17 bits per heavy atom. The third-order valence-corrected chi connectivity index (χ3v) is 4.71. The Bertz CT molecular complexity index is 838. The van der Waals surface area contributed by atoms with Crippen LogP contribution < -0.4 is 10.9 Å². The zero-order valence-electron chi connectivity index (χ0n) is 12.2. The molecule has 1 aliphatic heterocycles. The molecular formula is C15H13F2N3O2S. The lowest BCUT2D eigenvalue weighted by Gasteiger charge is -2.24. The average Bonchev–Trinajstić information content (AvgIpc) is 2.54. The van der Waals surface area contributed by atoms with Gasteiger partial charge < -0.3 is 5.32 Å². The number of amides is 1. The Morgan fingerprint density at radius 3 is 2.91 bits per heavy atom. The van der Waals surface area contributed by atoms with E-state index < -0.39 is 17.6 Å². The first-order valence-electron chi connectivity index (χ1n) is 6.91. The molecule has 0 saturated heterocycles. The summed E-state index contributed by atoms with van der Waals surface area (Å²) in [5, 5.41) is 3.13. The van der Waals surface area contributed by atoms with Gasteiger partial charge in [0.05, 0.1) is 5.92 Å². The molecule has 23 heavy (non-hydrogen) atoms. The summed E-state index contributed by atoms with van der Waals surface area (Å²) in [6, 6.07) is 3.17. The largest absolute Gasteiger partial charge is 0.326 e. The standard InChI is InChI=1S/C15H13F2N3O2S/c1-8-5-18-15-20(14(8)22)6-9(7-23-15)13(21)19-10-2-3-11(16)12(17)4-10/h2-5,9H,6-7H2,1H3,(H,19,21). The molecule has 8 heteroatoms. The van der Waals surface area contributed by atoms with Crippen molar-refractivity contribution in [3.05, 3.63) is 51.9 Å². The SMILES string of the molecule is Cc1cnc2n(c1=O)CC(C(=O)Nc1ccc(F)c(F)c1)CS2. The average molecular weight is 337 g/mol. The van der Waals surface area contributed by atoms with Gasteiger partial charge in [0.15, 0.2) is 16.8 Å². The molecule has 120 valence electrons. The van der Waals surface area contributed by atoms with Gasteiger partial charge in [0.1, 0.15) is 0 Å². The van der Waals surface area contributed by atoms with Gasteiger partial charge in [0.2, 0.25) is 5.91 Å². The minimum absolute atomic E-state index is 0.173. The monoisotopic (exact) mass is 337 g/mol. The molecule has 2 heterocycles. The number of aryl methyl sites for hydroxylation is 1. The van der Waals surface area contributed by atoms with Crippen LogP contribution in [0.1, 0.15) is 5.56 Å². The number of carbonyl (C=O) groups is 1. The van der Waals surface area contributed by atoms with Crippen LogP contribution in [0, 0.1) is 24.5 Å². The van der Waals surface area contributed by atoms with Crippen molar-refractivity contribution in [2.45, 2.75) is 18.6 Å². The molecule has 2 aromatic rings. The van der Waals surface area contributed by atoms with E-state index in [1.54, 1.807) is 6.92 Å². The molecule has 1 unspecified atom stereocenters. The Morgan fingerprint density at radius 1 is 1.39 bits per heavy atom. The molecule has 0 saturated carbocycles. The predicted molar refractivity (Wildman–Crippen MR) is 82.4 cm³/mol. The first-order valence-corrected chi connectivity index (χ1v) is 7.89. The van der Waals surface area contributed by atoms with Crippen molar-refractivity contribution in [2.75, 3.05) is 11.1 Å². The van der Waals surface area contributed by atoms with E-state index in [2.05, 4.69) is 10.3 Å². The van der Waals surface area contributed by atoms with E-state index >= 15 is 0 Å². The molecule has 1 atom stereocenters. The zero-order valence-corrected chi connectivity index (χ0v) is 13.0. The highest BCUT2D eigenvalue weighted by Gasteiger charge is 2.27. The Hall–Kier alpha value is -2.22. The van der Waals surface area contributed by atoms with E-state index in [0.29, 0.717) is 16.5 Å². The van der Waals surface area contributed by atoms with Crippen molar-refractivity contribution in [3.8, 4) is 0 Å². The normalized spacial score (nSPS) is 16.7. The fourth-order valence-corrected chi connectivity index (χ4v) is 3.33. The molecule has 0 spiro atoms. The number of hydrogen-bond donors (Lipinski definition) is 1. The highest BCUT2D eigenvalue weighted by molar-refractivity contribution is 7.99. The summed E-state index contributed by atoms with van der Waals surface area (Å²) in [4.78, 5) is 28.6. The van der Waals surface area contributed by atoms with E-state index in [-0.39, 0.29) is 23.7 Å². The highest BCUT2D eigenvalue weighted by atomic mass is 32.2. The number of nitrogens with one attached hydrogen (secondary N) is 1. The summed E-state index contributed by atoms with van der Waals surface area (Å²) in [5.41, 5.74) is 0.517. The number of fused-ring (bicyclic) bond motifs is 1. The second-order valence-corrected chi connectivity index (χ2v) is 6.25. The van der Waals surface area contributed by atoms with E-state index in [0.717, 1.165) is 12.1 Å². The van der Waals surface area contributed by atoms with Crippen molar-refractivity contribution >= 4 is 23.4 Å². The molecule has 0 radical (unpaired) electrons. The van der Waals surface area contributed by atoms with Crippen LogP contribution >= 0.6 is 11.8 Å². The van der Waals surface area contributed by atoms with Crippen LogP contribution in [0.25, 0.3) is 0 Å². The predicted octanol–water partition coefficient (Wildman–Crippen LogP) is 2.19. The lowest BCUT2D eigenvalue weighted by molar-refractivity contribution is -0.119. The number of halogens is 2. The van der Waals surface area contributed by atoms with Crippen LogP contribution in [0.15, 0.2) is 34.3 Å². The van der Waals surface area contributed by atoms with Crippen molar-refractivity contribution in [1.82, 2.24) is 9.55 Å². The van der Waals surface area contributed by atoms with Gasteiger partial charge in [-0.1, -0.05) is 11.8 Å². The molecule has 1 amide bonds. The maximum atomic E-state index is 13.2. The highest BCUT2D eigenvalue weighted by Crippen LogP contribution is 2.26. The van der Waals surface area contributed by atoms with Crippen LogP contribution in [0.2, 0.25) is 0 Å². The minimum atomic E-state index is -1.03. The van der Waals surface area contributed by atoms with Gasteiger partial charge in [-0.3, -0.25) is 14.2 Å². The first kappa shape index (κ1) is 15.7. The summed E-state index contributed by atoms with van der Waals surface area (Å²) in [6.07, 6.45) is 1.52. The third-order valence-electron chi connectivity index (χ3n) is 3.56. The smallest absolute Gasteiger partial charge is 0.257 e. The van der Waals surface area contributed by atoms with Gasteiger partial charge in [0.25, 0.3) is 5.56 Å². The number of nitrogens with zero attached hydrogens (tertiary/aromatic N) is 2. The quantitative estimate of drug-likeness (QED) is 0.853. The van der Waals surface area contributed by atoms with Crippen LogP contribution in [0.5, 0.6) is 0 Å². The van der Waals surface area contributed by atoms with Crippen molar-refractivity contribution in [2.24, 2.45) is 5.92 Å². The van der Waals surface area contributed by atoms with Crippen LogP contribution in [0.4, 0.5) is 14.5 Å². The second kappa shape index (κ2) is 6.11. The van der Waals surface area contributed by atoms with E-state index in [1.165, 1.54) is 28.6 Å². The molecule has 1 aliphatic rings. The van der Waals surface area contributed by atoms with Crippen LogP contribution in [-0.2, 0) is 11.3 Å². The Kier molecular flexibility index (Phi) is 4.16. The molecule has 3 rings (SSSR count). The van der Waals surface area contributed by atoms with Gasteiger partial charge in [-0.15, -0.1) is 0 Å². The summed E-state index contributed by atoms with van der Waals surface area (Å²) in [6.45, 7) is 1.88. The molecule has 1 N–H and O–H groups in total. The van der Waals surface area contributed by atoms with Crippen LogP contribution in [0.3, 0.4) is 0 Å². The zero-order chi connectivity index (χ0) is 16.6. The summed E-state index contributed by atoms with van der Waals surface area (Å²) < 4.78 is 27.6. The lowest BCUT2D eigenvalue weighted by Crippen LogP contribution is -2.37. The maximum Gasteiger partial charge on any atom is 0.257 e. The minimum Gasteiger partial charge on any atom is -0.326 e. The number of carbonyl (C=O) groups excluding carboxylic acids is 1. The van der Waals surface area contributed by atoms with E-state index in [1.807, 2.05) is 0 Å². The second-order valence-electron chi connectivity index (χ2n) is 5.27. The molecule has 1 aromatic heterocycles. The van der Waals surface area contributed by atoms with Gasteiger partial charge in [-0.2, -0.15) is 0 Å². The lowest BCUT2D eigenvalue weighted by atomic mass is 10.1. The number of hydrogen-bond acceptors (Lipinski definition) is 4. The van der Waals surface area contributed by atoms with E-state index in [9.17, 15) is 18.4 Å². The third kappa shape index (κ3) is 3.12. The van der Waals surface area contributed by atoms with Gasteiger partial charge >= 0.3 is 0 Å². The fraction of sp³-hybridized carbons (Fsp3) is 0.267. The van der Waals surface area contributed by atoms with Gasteiger partial charge in [-0.25, -0.2) is 13.8 Å². The number of anilines is 1. The molecule has 0 bridgehead atoms. The first-order chi connectivity index (χ1) is 11.0. The summed E-state index contributed by atoms with van der Waals surface area (Å²) in [7, 11) is 0. The van der Waals surface area contributed by atoms with Crippen molar-refractivity contribution in [3.63, 3.8) is 0 Å². The van der Waals surface area contributed by atoms with Crippen LogP contribution in [-0.4, -0.2) is 21.2 Å². The fourth-order valence-electron chi connectivity index (χ4n) is 2.28. The number of benzene rings is 1. The van der Waals surface area contributed by atoms with Gasteiger partial charge in [-0.05, 0) is 19.1 Å². The number of aromatic nitrogens is 2. The van der Waals surface area contributed by atoms with E-state index in [4.69, 9.17) is 0 Å². The van der Waals surface area contributed by atoms with Crippen molar-refractivity contribution < 1.29 is 13.6 Å². The molecule has 5 nitrogen and oxygen atoms in total. The number of rotatable bonds is 2.